The first-order valence-electron chi connectivity index (χ1n) is 5.78. The first-order valence-corrected chi connectivity index (χ1v) is 7.45. The van der Waals surface area contributed by atoms with E-state index in [2.05, 4.69) is 51.7 Å². The summed E-state index contributed by atoms with van der Waals surface area (Å²) in [5, 5.41) is 5.63. The molecule has 1 aromatic rings. The maximum Gasteiger partial charge on any atom is 0.0438 e. The minimum Gasteiger partial charge on any atom is -0.316 e. The molecule has 1 saturated heterocycles. The number of nitrogens with one attached hydrogen (secondary N) is 1. The van der Waals surface area contributed by atoms with Crippen molar-refractivity contribution in [3.63, 3.8) is 0 Å². The highest BCUT2D eigenvalue weighted by Crippen LogP contribution is 2.33. The maximum absolute atomic E-state index is 3.54. The molecule has 0 aromatic carbocycles. The Labute approximate surface area is 110 Å². The first-order chi connectivity index (χ1) is 7.66. The molecular formula is C12H19BrN2S. The van der Waals surface area contributed by atoms with Gasteiger partial charge in [0.05, 0.1) is 0 Å². The normalized spacial score (nSPS) is 22.9. The topological polar surface area (TPSA) is 15.3 Å². The van der Waals surface area contributed by atoms with E-state index in [1.54, 1.807) is 0 Å². The third-order valence-electron chi connectivity index (χ3n) is 3.26. The van der Waals surface area contributed by atoms with Crippen LogP contribution >= 0.6 is 27.3 Å². The highest BCUT2D eigenvalue weighted by Gasteiger charge is 2.23. The summed E-state index contributed by atoms with van der Waals surface area (Å²) in [6.45, 7) is 2.38. The Morgan fingerprint density at radius 1 is 1.62 bits per heavy atom. The Balaban J connectivity index is 2.04. The Bertz CT molecular complexity index is 332. The molecule has 1 fully saturated rings. The molecule has 0 bridgehead atoms. The number of hydrogen-bond donors (Lipinski definition) is 1. The number of rotatable bonds is 4. The van der Waals surface area contributed by atoms with Crippen molar-refractivity contribution < 1.29 is 0 Å². The van der Waals surface area contributed by atoms with Gasteiger partial charge in [0.15, 0.2) is 0 Å². The van der Waals surface area contributed by atoms with E-state index in [1.165, 1.54) is 35.3 Å². The van der Waals surface area contributed by atoms with Crippen LogP contribution in [0.3, 0.4) is 0 Å². The number of nitrogens with zero attached hydrogens (tertiary/aromatic N) is 1. The molecule has 2 rings (SSSR count). The molecule has 0 aliphatic carbocycles. The third-order valence-corrected chi connectivity index (χ3v) is 5.05. The Morgan fingerprint density at radius 2 is 2.44 bits per heavy atom. The molecule has 0 spiro atoms. The van der Waals surface area contributed by atoms with Gasteiger partial charge in [0, 0.05) is 20.8 Å². The monoisotopic (exact) mass is 302 g/mol. The molecule has 2 atom stereocenters. The zero-order chi connectivity index (χ0) is 11.5. The van der Waals surface area contributed by atoms with Crippen molar-refractivity contribution in [1.29, 1.82) is 0 Å². The van der Waals surface area contributed by atoms with E-state index in [0.29, 0.717) is 6.04 Å². The van der Waals surface area contributed by atoms with Crippen molar-refractivity contribution in [2.24, 2.45) is 5.92 Å². The average Bonchev–Trinajstić information content (AvgIpc) is 2.84. The van der Waals surface area contributed by atoms with E-state index in [-0.39, 0.29) is 0 Å². The molecule has 16 heavy (non-hydrogen) atoms. The molecule has 0 saturated carbocycles. The van der Waals surface area contributed by atoms with E-state index < -0.39 is 0 Å². The Kier molecular flexibility index (Phi) is 4.41. The molecule has 90 valence electrons. The average molecular weight is 303 g/mol. The maximum atomic E-state index is 3.54. The van der Waals surface area contributed by atoms with Crippen LogP contribution in [0.2, 0.25) is 0 Å². The van der Waals surface area contributed by atoms with Crippen LogP contribution in [0.15, 0.2) is 15.9 Å². The van der Waals surface area contributed by atoms with Gasteiger partial charge >= 0.3 is 0 Å². The minimum atomic E-state index is 0.571. The van der Waals surface area contributed by atoms with Crippen LogP contribution in [0, 0.1) is 5.92 Å². The van der Waals surface area contributed by atoms with Crippen LogP contribution in [-0.2, 0) is 0 Å². The molecule has 1 aromatic heterocycles. The summed E-state index contributed by atoms with van der Waals surface area (Å²) in [5.74, 6) is 0.841. The molecular weight excluding hydrogens is 284 g/mol. The van der Waals surface area contributed by atoms with Gasteiger partial charge in [-0.2, -0.15) is 0 Å². The van der Waals surface area contributed by atoms with Gasteiger partial charge in [-0.1, -0.05) is 0 Å². The zero-order valence-corrected chi connectivity index (χ0v) is 12.3. The molecule has 4 heteroatoms. The van der Waals surface area contributed by atoms with E-state index in [0.717, 1.165) is 5.92 Å². The summed E-state index contributed by atoms with van der Waals surface area (Å²) < 4.78 is 1.21. The number of halogens is 1. The summed E-state index contributed by atoms with van der Waals surface area (Å²) >= 11 is 5.40. The number of thiophene rings is 1. The van der Waals surface area contributed by atoms with Gasteiger partial charge < -0.3 is 10.2 Å². The van der Waals surface area contributed by atoms with Gasteiger partial charge in [0.25, 0.3) is 0 Å². The molecule has 0 amide bonds. The SMILES string of the molecule is CN(C)C(CC1CCNC1)c1cc(Br)cs1. The minimum absolute atomic E-state index is 0.571. The van der Waals surface area contributed by atoms with Crippen LogP contribution in [0.4, 0.5) is 0 Å². The summed E-state index contributed by atoms with van der Waals surface area (Å²) in [6.07, 6.45) is 2.60. The smallest absolute Gasteiger partial charge is 0.0438 e. The van der Waals surface area contributed by atoms with Crippen LogP contribution in [0.1, 0.15) is 23.8 Å². The molecule has 1 aliphatic heterocycles. The van der Waals surface area contributed by atoms with E-state index in [9.17, 15) is 0 Å². The molecule has 2 nitrogen and oxygen atoms in total. The quantitative estimate of drug-likeness (QED) is 0.919. The lowest BCUT2D eigenvalue weighted by Gasteiger charge is -2.25. The van der Waals surface area contributed by atoms with Crippen LogP contribution < -0.4 is 5.32 Å². The Hall–Kier alpha value is 0.1000. The zero-order valence-electron chi connectivity index (χ0n) is 9.87. The predicted octanol–water partition coefficient (Wildman–Crippen LogP) is 3.11. The third kappa shape index (κ3) is 3.06. The highest BCUT2D eigenvalue weighted by atomic mass is 79.9. The van der Waals surface area contributed by atoms with Gasteiger partial charge in [-0.05, 0) is 67.9 Å². The van der Waals surface area contributed by atoms with Crippen molar-refractivity contribution in [3.05, 3.63) is 20.8 Å². The fraction of sp³-hybridized carbons (Fsp3) is 0.667. The summed E-state index contributed by atoms with van der Waals surface area (Å²) in [4.78, 5) is 3.82. The lowest BCUT2D eigenvalue weighted by Crippen LogP contribution is -2.22. The van der Waals surface area contributed by atoms with E-state index in [1.807, 2.05) is 11.3 Å². The second-order valence-corrected chi connectivity index (χ2v) is 6.60. The number of hydrogen-bond acceptors (Lipinski definition) is 3. The second kappa shape index (κ2) is 5.63. The van der Waals surface area contributed by atoms with Crippen LogP contribution in [0.25, 0.3) is 0 Å². The van der Waals surface area contributed by atoms with Crippen molar-refractivity contribution in [1.82, 2.24) is 10.2 Å². The van der Waals surface area contributed by atoms with Gasteiger partial charge in [0.2, 0.25) is 0 Å². The standard InChI is InChI=1S/C12H19BrN2S/c1-15(2)11(5-9-3-4-14-7-9)12-6-10(13)8-16-12/h6,8-9,11,14H,3-5,7H2,1-2H3. The molecule has 0 radical (unpaired) electrons. The summed E-state index contributed by atoms with van der Waals surface area (Å²) in [7, 11) is 4.36. The molecule has 1 aliphatic rings. The Morgan fingerprint density at radius 3 is 2.94 bits per heavy atom. The predicted molar refractivity (Wildman–Crippen MR) is 74.0 cm³/mol. The van der Waals surface area contributed by atoms with E-state index >= 15 is 0 Å². The van der Waals surface area contributed by atoms with Crippen LogP contribution in [-0.4, -0.2) is 32.1 Å². The van der Waals surface area contributed by atoms with E-state index in [4.69, 9.17) is 0 Å². The van der Waals surface area contributed by atoms with Gasteiger partial charge in [-0.15, -0.1) is 11.3 Å². The molecule has 2 heterocycles. The summed E-state index contributed by atoms with van der Waals surface area (Å²) in [6, 6.07) is 2.83. The van der Waals surface area contributed by atoms with Crippen molar-refractivity contribution in [3.8, 4) is 0 Å². The van der Waals surface area contributed by atoms with Crippen molar-refractivity contribution in [2.45, 2.75) is 18.9 Å². The fourth-order valence-electron chi connectivity index (χ4n) is 2.32. The first kappa shape index (κ1) is 12.6. The van der Waals surface area contributed by atoms with Gasteiger partial charge in [-0.3, -0.25) is 0 Å². The fourth-order valence-corrected chi connectivity index (χ4v) is 3.97. The lowest BCUT2D eigenvalue weighted by atomic mass is 9.97. The van der Waals surface area contributed by atoms with Gasteiger partial charge in [0.1, 0.15) is 0 Å². The lowest BCUT2D eigenvalue weighted by molar-refractivity contribution is 0.257. The second-order valence-electron chi connectivity index (χ2n) is 4.74. The van der Waals surface area contributed by atoms with Crippen molar-refractivity contribution >= 4 is 27.3 Å². The van der Waals surface area contributed by atoms with Gasteiger partial charge in [-0.25, -0.2) is 0 Å². The van der Waals surface area contributed by atoms with Crippen molar-refractivity contribution in [2.75, 3.05) is 27.2 Å². The highest BCUT2D eigenvalue weighted by molar-refractivity contribution is 9.10. The summed E-state index contributed by atoms with van der Waals surface area (Å²) in [5.41, 5.74) is 0. The van der Waals surface area contributed by atoms with Crippen LogP contribution in [0.5, 0.6) is 0 Å². The molecule has 2 unspecified atom stereocenters. The molecule has 1 N–H and O–H groups in total. The largest absolute Gasteiger partial charge is 0.316 e.